The summed E-state index contributed by atoms with van der Waals surface area (Å²) in [6, 6.07) is 8.58. The van der Waals surface area contributed by atoms with Crippen LogP contribution < -0.4 is 10.6 Å². The highest BCUT2D eigenvalue weighted by molar-refractivity contribution is 5.73. The van der Waals surface area contributed by atoms with E-state index >= 15 is 0 Å². The first-order valence-corrected chi connectivity index (χ1v) is 8.97. The molecule has 2 amide bonds. The molecule has 1 aromatic carbocycles. The van der Waals surface area contributed by atoms with Gasteiger partial charge in [-0.15, -0.1) is 0 Å². The standard InChI is InChI=1S/C19H28N2O2/c22-18-7-3-4-15(12-18)13-21-19(23)20-9-8-14-10-16-5-1-2-6-17(16)11-14/h1-2,5-6,14-15,18,22H,3-4,7-13H2,(H2,20,21,23)/t15-,18+/m0/s1. The van der Waals surface area contributed by atoms with Crippen molar-refractivity contribution in [2.45, 2.75) is 51.0 Å². The maximum Gasteiger partial charge on any atom is 0.314 e. The number of hydrogen-bond donors (Lipinski definition) is 3. The molecule has 0 unspecified atom stereocenters. The Bertz CT molecular complexity index is 507. The molecule has 23 heavy (non-hydrogen) atoms. The van der Waals surface area contributed by atoms with E-state index in [1.165, 1.54) is 11.1 Å². The summed E-state index contributed by atoms with van der Waals surface area (Å²) in [4.78, 5) is 11.9. The van der Waals surface area contributed by atoms with Gasteiger partial charge in [0.25, 0.3) is 0 Å². The van der Waals surface area contributed by atoms with E-state index in [0.717, 1.165) is 51.5 Å². The second-order valence-corrected chi connectivity index (χ2v) is 7.15. The van der Waals surface area contributed by atoms with Gasteiger partial charge in [0.2, 0.25) is 0 Å². The first-order chi connectivity index (χ1) is 11.2. The molecule has 0 heterocycles. The Hall–Kier alpha value is -1.55. The van der Waals surface area contributed by atoms with E-state index in [1.54, 1.807) is 0 Å². The summed E-state index contributed by atoms with van der Waals surface area (Å²) in [5.41, 5.74) is 2.94. The number of aliphatic hydroxyl groups excluding tert-OH is 1. The van der Waals surface area contributed by atoms with E-state index in [-0.39, 0.29) is 12.1 Å². The van der Waals surface area contributed by atoms with Crippen molar-refractivity contribution >= 4 is 6.03 Å². The molecule has 1 saturated carbocycles. The van der Waals surface area contributed by atoms with Crippen LogP contribution in [0.3, 0.4) is 0 Å². The fourth-order valence-corrected chi connectivity index (χ4v) is 3.99. The van der Waals surface area contributed by atoms with Crippen LogP contribution in [-0.2, 0) is 12.8 Å². The van der Waals surface area contributed by atoms with E-state index < -0.39 is 0 Å². The number of urea groups is 1. The number of fused-ring (bicyclic) bond motifs is 1. The first-order valence-electron chi connectivity index (χ1n) is 8.97. The average molecular weight is 316 g/mol. The predicted molar refractivity (Wildman–Crippen MR) is 91.3 cm³/mol. The molecule has 126 valence electrons. The molecule has 4 nitrogen and oxygen atoms in total. The third-order valence-electron chi connectivity index (χ3n) is 5.28. The number of carbonyl (C=O) groups is 1. The van der Waals surface area contributed by atoms with E-state index in [1.807, 2.05) is 0 Å². The number of benzene rings is 1. The van der Waals surface area contributed by atoms with Gasteiger partial charge in [-0.25, -0.2) is 4.79 Å². The highest BCUT2D eigenvalue weighted by Gasteiger charge is 2.22. The van der Waals surface area contributed by atoms with E-state index in [0.29, 0.717) is 18.4 Å². The van der Waals surface area contributed by atoms with Crippen molar-refractivity contribution in [2.75, 3.05) is 13.1 Å². The molecule has 0 radical (unpaired) electrons. The van der Waals surface area contributed by atoms with E-state index in [2.05, 4.69) is 34.9 Å². The molecule has 0 aromatic heterocycles. The lowest BCUT2D eigenvalue weighted by Gasteiger charge is -2.25. The number of nitrogens with one attached hydrogen (secondary N) is 2. The number of aliphatic hydroxyl groups is 1. The summed E-state index contributed by atoms with van der Waals surface area (Å²) in [5.74, 6) is 1.08. The third kappa shape index (κ3) is 4.71. The van der Waals surface area contributed by atoms with E-state index in [9.17, 15) is 9.90 Å². The van der Waals surface area contributed by atoms with Gasteiger partial charge < -0.3 is 15.7 Å². The fraction of sp³-hybridized carbons (Fsp3) is 0.632. The van der Waals surface area contributed by atoms with Gasteiger partial charge in [0.15, 0.2) is 0 Å². The molecule has 1 fully saturated rings. The molecular weight excluding hydrogens is 288 g/mol. The molecule has 2 atom stereocenters. The average Bonchev–Trinajstić information content (AvgIpc) is 2.96. The van der Waals surface area contributed by atoms with Gasteiger partial charge in [-0.2, -0.15) is 0 Å². The minimum Gasteiger partial charge on any atom is -0.393 e. The maximum atomic E-state index is 11.9. The van der Waals surface area contributed by atoms with Gasteiger partial charge in [0.05, 0.1) is 6.10 Å². The third-order valence-corrected chi connectivity index (χ3v) is 5.28. The van der Waals surface area contributed by atoms with Gasteiger partial charge in [0, 0.05) is 13.1 Å². The molecule has 2 aliphatic carbocycles. The molecule has 0 spiro atoms. The van der Waals surface area contributed by atoms with Crippen molar-refractivity contribution in [3.8, 4) is 0 Å². The topological polar surface area (TPSA) is 61.4 Å². The molecule has 0 saturated heterocycles. The van der Waals surface area contributed by atoms with Crippen LogP contribution in [0.25, 0.3) is 0 Å². The summed E-state index contributed by atoms with van der Waals surface area (Å²) in [7, 11) is 0. The highest BCUT2D eigenvalue weighted by Crippen LogP contribution is 2.28. The predicted octanol–water partition coefficient (Wildman–Crippen LogP) is 2.64. The van der Waals surface area contributed by atoms with Crippen molar-refractivity contribution < 1.29 is 9.90 Å². The Morgan fingerprint density at radius 2 is 1.83 bits per heavy atom. The van der Waals surface area contributed by atoms with Crippen molar-refractivity contribution in [1.29, 1.82) is 0 Å². The Balaban J connectivity index is 1.30. The van der Waals surface area contributed by atoms with Gasteiger partial charge in [-0.1, -0.05) is 30.7 Å². The molecule has 2 aliphatic rings. The second kappa shape index (κ2) is 7.82. The Kier molecular flexibility index (Phi) is 5.55. The molecular formula is C19H28N2O2. The molecule has 3 N–H and O–H groups in total. The largest absolute Gasteiger partial charge is 0.393 e. The summed E-state index contributed by atoms with van der Waals surface area (Å²) in [6.45, 7) is 1.41. The molecule has 0 bridgehead atoms. The zero-order chi connectivity index (χ0) is 16.1. The lowest BCUT2D eigenvalue weighted by atomic mass is 9.87. The highest BCUT2D eigenvalue weighted by atomic mass is 16.3. The Morgan fingerprint density at radius 1 is 1.09 bits per heavy atom. The minimum atomic E-state index is -0.178. The van der Waals surface area contributed by atoms with Crippen molar-refractivity contribution in [2.24, 2.45) is 11.8 Å². The van der Waals surface area contributed by atoms with Crippen LogP contribution in [0, 0.1) is 11.8 Å². The second-order valence-electron chi connectivity index (χ2n) is 7.15. The summed E-state index contributed by atoms with van der Waals surface area (Å²) >= 11 is 0. The number of rotatable bonds is 5. The molecule has 1 aromatic rings. The van der Waals surface area contributed by atoms with Gasteiger partial charge in [-0.3, -0.25) is 0 Å². The fourth-order valence-electron chi connectivity index (χ4n) is 3.99. The molecule has 3 rings (SSSR count). The molecule has 0 aliphatic heterocycles. The maximum absolute atomic E-state index is 11.9. The van der Waals surface area contributed by atoms with Crippen molar-refractivity contribution in [3.05, 3.63) is 35.4 Å². The van der Waals surface area contributed by atoms with Gasteiger partial charge in [-0.05, 0) is 61.5 Å². The van der Waals surface area contributed by atoms with Crippen LogP contribution >= 0.6 is 0 Å². The van der Waals surface area contributed by atoms with E-state index in [4.69, 9.17) is 0 Å². The van der Waals surface area contributed by atoms with Crippen LogP contribution in [0.1, 0.15) is 43.2 Å². The van der Waals surface area contributed by atoms with Crippen molar-refractivity contribution in [3.63, 3.8) is 0 Å². The number of carbonyl (C=O) groups excluding carboxylic acids is 1. The van der Waals surface area contributed by atoms with Crippen LogP contribution in [0.4, 0.5) is 4.79 Å². The van der Waals surface area contributed by atoms with Crippen LogP contribution in [0.5, 0.6) is 0 Å². The first kappa shape index (κ1) is 16.3. The summed E-state index contributed by atoms with van der Waals surface area (Å²) in [5, 5.41) is 15.6. The minimum absolute atomic E-state index is 0.0689. The van der Waals surface area contributed by atoms with Gasteiger partial charge >= 0.3 is 6.03 Å². The lowest BCUT2D eigenvalue weighted by molar-refractivity contribution is 0.101. The van der Waals surface area contributed by atoms with Crippen LogP contribution in [0.15, 0.2) is 24.3 Å². The summed E-state index contributed by atoms with van der Waals surface area (Å²) in [6.07, 6.45) is 7.04. The zero-order valence-electron chi connectivity index (χ0n) is 13.8. The van der Waals surface area contributed by atoms with Crippen molar-refractivity contribution in [1.82, 2.24) is 10.6 Å². The monoisotopic (exact) mass is 316 g/mol. The summed E-state index contributed by atoms with van der Waals surface area (Å²) < 4.78 is 0. The quantitative estimate of drug-likeness (QED) is 0.782. The van der Waals surface area contributed by atoms with Gasteiger partial charge in [0.1, 0.15) is 0 Å². The molecule has 4 heteroatoms. The van der Waals surface area contributed by atoms with Crippen LogP contribution in [0.2, 0.25) is 0 Å². The SMILES string of the molecule is O=C(NCCC1Cc2ccccc2C1)NC[C@H]1CCC[C@@H](O)C1. The Morgan fingerprint density at radius 3 is 2.52 bits per heavy atom. The Labute approximate surface area is 138 Å². The zero-order valence-corrected chi connectivity index (χ0v) is 13.8. The normalized spacial score (nSPS) is 24.2. The number of amides is 2. The smallest absolute Gasteiger partial charge is 0.314 e. The van der Waals surface area contributed by atoms with Crippen LogP contribution in [-0.4, -0.2) is 30.3 Å². The number of hydrogen-bond acceptors (Lipinski definition) is 2. The lowest BCUT2D eigenvalue weighted by Crippen LogP contribution is -2.40.